The lowest BCUT2D eigenvalue weighted by molar-refractivity contribution is -0.212. The fourth-order valence-corrected chi connectivity index (χ4v) is 9.82. The van der Waals surface area contributed by atoms with Crippen LogP contribution in [0.3, 0.4) is 0 Å². The number of hydrogen-bond donors (Lipinski definition) is 0. The molecule has 8 aliphatic rings. The van der Waals surface area contributed by atoms with Crippen molar-refractivity contribution in [1.29, 1.82) is 0 Å². The molecular weight excluding hydrogens is 440 g/mol. The van der Waals surface area contributed by atoms with E-state index in [4.69, 9.17) is 9.47 Å². The highest BCUT2D eigenvalue weighted by molar-refractivity contribution is 5.86. The molecule has 0 radical (unpaired) electrons. The highest BCUT2D eigenvalue weighted by Gasteiger charge is 2.59. The molecule has 0 aliphatic heterocycles. The molecule has 0 aromatic carbocycles. The van der Waals surface area contributed by atoms with Gasteiger partial charge in [-0.15, -0.1) is 0 Å². The number of ether oxygens (including phenoxy) is 2. The highest BCUT2D eigenvalue weighted by atomic mass is 16.6. The molecule has 0 aromatic heterocycles. The molecule has 0 N–H and O–H groups in total. The first-order valence-corrected chi connectivity index (χ1v) is 14.5. The molecular formula is C30H44O5. The molecule has 0 aromatic rings. The maximum Gasteiger partial charge on any atom is 0.312 e. The predicted octanol–water partition coefficient (Wildman–Crippen LogP) is 5.88. The van der Waals surface area contributed by atoms with Crippen molar-refractivity contribution in [2.45, 2.75) is 116 Å². The van der Waals surface area contributed by atoms with Gasteiger partial charge in [0.2, 0.25) is 0 Å². The summed E-state index contributed by atoms with van der Waals surface area (Å²) >= 11 is 0. The van der Waals surface area contributed by atoms with Crippen molar-refractivity contribution >= 4 is 17.7 Å². The number of hydrogen-bond acceptors (Lipinski definition) is 5. The van der Waals surface area contributed by atoms with Crippen LogP contribution in [0, 0.1) is 52.8 Å². The van der Waals surface area contributed by atoms with Gasteiger partial charge in [0.25, 0.3) is 0 Å². The zero-order valence-corrected chi connectivity index (χ0v) is 22.1. The summed E-state index contributed by atoms with van der Waals surface area (Å²) in [7, 11) is 0. The Hall–Kier alpha value is -1.39. The number of carbonyl (C=O) groups is 3. The Balaban J connectivity index is 1.11. The van der Waals surface area contributed by atoms with Gasteiger partial charge in [0, 0.05) is 11.8 Å². The molecule has 35 heavy (non-hydrogen) atoms. The molecule has 8 saturated carbocycles. The Morgan fingerprint density at radius 3 is 2.00 bits per heavy atom. The Kier molecular flexibility index (Phi) is 5.52. The predicted molar refractivity (Wildman–Crippen MR) is 131 cm³/mol. The molecule has 0 saturated heterocycles. The van der Waals surface area contributed by atoms with E-state index in [1.54, 1.807) is 0 Å². The summed E-state index contributed by atoms with van der Waals surface area (Å²) in [5.41, 5.74) is -1.54. The van der Waals surface area contributed by atoms with Gasteiger partial charge in [-0.3, -0.25) is 14.4 Å². The Morgan fingerprint density at radius 1 is 0.886 bits per heavy atom. The number of ketones is 1. The third-order valence-electron chi connectivity index (χ3n) is 11.5. The van der Waals surface area contributed by atoms with Gasteiger partial charge in [-0.2, -0.15) is 0 Å². The van der Waals surface area contributed by atoms with Crippen molar-refractivity contribution in [2.24, 2.45) is 52.8 Å². The Labute approximate surface area is 210 Å². The third kappa shape index (κ3) is 3.89. The van der Waals surface area contributed by atoms with Crippen molar-refractivity contribution in [3.05, 3.63) is 0 Å². The van der Waals surface area contributed by atoms with Gasteiger partial charge >= 0.3 is 11.9 Å². The molecule has 0 spiro atoms. The highest BCUT2D eigenvalue weighted by Crippen LogP contribution is 2.60. The van der Waals surface area contributed by atoms with Crippen LogP contribution in [0.25, 0.3) is 0 Å². The van der Waals surface area contributed by atoms with E-state index in [0.717, 1.165) is 31.1 Å². The summed E-state index contributed by atoms with van der Waals surface area (Å²) in [6.45, 7) is 8.08. The molecule has 5 heteroatoms. The van der Waals surface area contributed by atoms with Crippen LogP contribution in [0.15, 0.2) is 0 Å². The SMILES string of the molecule is CCC(CC(C)(C)C(=O)OC1(C)C2CC3CC(C2)CC1C3)C(=O)OC12CC3CC(C1)C(=O)C(C3)C2. The summed E-state index contributed by atoms with van der Waals surface area (Å²) in [6.07, 6.45) is 11.6. The number of rotatable bonds is 7. The van der Waals surface area contributed by atoms with E-state index in [9.17, 15) is 14.4 Å². The molecule has 8 aliphatic carbocycles. The summed E-state index contributed by atoms with van der Waals surface area (Å²) < 4.78 is 12.7. The van der Waals surface area contributed by atoms with Crippen LogP contribution in [-0.4, -0.2) is 28.9 Å². The zero-order valence-electron chi connectivity index (χ0n) is 22.1. The molecule has 3 atom stereocenters. The monoisotopic (exact) mass is 484 g/mol. The second kappa shape index (κ2) is 8.05. The first kappa shape index (κ1) is 24.0. The summed E-state index contributed by atoms with van der Waals surface area (Å²) in [4.78, 5) is 39.5. The third-order valence-corrected chi connectivity index (χ3v) is 11.5. The molecule has 194 valence electrons. The molecule has 0 amide bonds. The number of carbonyl (C=O) groups excluding carboxylic acids is 3. The summed E-state index contributed by atoms with van der Waals surface area (Å²) in [6, 6.07) is 0. The van der Waals surface area contributed by atoms with E-state index in [2.05, 4.69) is 6.92 Å². The van der Waals surface area contributed by atoms with Crippen LogP contribution < -0.4 is 0 Å². The molecule has 8 fully saturated rings. The van der Waals surface area contributed by atoms with Gasteiger partial charge in [-0.05, 0) is 127 Å². The van der Waals surface area contributed by atoms with Gasteiger partial charge in [-0.1, -0.05) is 6.92 Å². The van der Waals surface area contributed by atoms with Crippen LogP contribution in [-0.2, 0) is 23.9 Å². The molecule has 8 bridgehead atoms. The normalized spacial score (nSPS) is 46.1. The molecule has 5 nitrogen and oxygen atoms in total. The minimum atomic E-state index is -0.741. The van der Waals surface area contributed by atoms with Crippen LogP contribution in [0.5, 0.6) is 0 Å². The fourth-order valence-electron chi connectivity index (χ4n) is 9.82. The van der Waals surface area contributed by atoms with Crippen molar-refractivity contribution in [1.82, 2.24) is 0 Å². The molecule has 8 rings (SSSR count). The van der Waals surface area contributed by atoms with Crippen LogP contribution >= 0.6 is 0 Å². The second-order valence-electron chi connectivity index (χ2n) is 14.4. The summed E-state index contributed by atoms with van der Waals surface area (Å²) in [5, 5.41) is 0. The first-order valence-electron chi connectivity index (χ1n) is 14.5. The van der Waals surface area contributed by atoms with Gasteiger partial charge < -0.3 is 9.47 Å². The Morgan fingerprint density at radius 2 is 1.46 bits per heavy atom. The maximum absolute atomic E-state index is 13.6. The van der Waals surface area contributed by atoms with E-state index in [1.165, 1.54) is 32.1 Å². The van der Waals surface area contributed by atoms with E-state index in [0.29, 0.717) is 49.2 Å². The van der Waals surface area contributed by atoms with E-state index < -0.39 is 11.0 Å². The zero-order chi connectivity index (χ0) is 24.8. The van der Waals surface area contributed by atoms with Gasteiger partial charge in [0.05, 0.1) is 11.3 Å². The number of esters is 2. The Bertz CT molecular complexity index is 872. The lowest BCUT2D eigenvalue weighted by Gasteiger charge is -2.59. The van der Waals surface area contributed by atoms with Gasteiger partial charge in [0.1, 0.15) is 17.0 Å². The maximum atomic E-state index is 13.6. The largest absolute Gasteiger partial charge is 0.459 e. The lowest BCUT2D eigenvalue weighted by Crippen LogP contribution is -2.59. The first-order chi connectivity index (χ1) is 16.5. The van der Waals surface area contributed by atoms with Crippen LogP contribution in [0.2, 0.25) is 0 Å². The second-order valence-corrected chi connectivity index (χ2v) is 14.4. The van der Waals surface area contributed by atoms with Crippen molar-refractivity contribution in [2.75, 3.05) is 0 Å². The van der Waals surface area contributed by atoms with Crippen molar-refractivity contribution < 1.29 is 23.9 Å². The van der Waals surface area contributed by atoms with Crippen molar-refractivity contribution in [3.63, 3.8) is 0 Å². The average molecular weight is 485 g/mol. The van der Waals surface area contributed by atoms with E-state index in [-0.39, 0.29) is 35.3 Å². The standard InChI is InChI=1S/C30H44O5/c1-5-20(26(32)34-30-13-19-7-21(15-30)25(31)22(8-19)16-30)14-28(2,3)27(33)35-29(4)23-9-17-6-18(11-23)12-24(29)10-17/h17-24H,5-16H2,1-4H3. The van der Waals surface area contributed by atoms with Crippen molar-refractivity contribution in [3.8, 4) is 0 Å². The van der Waals surface area contributed by atoms with E-state index >= 15 is 0 Å². The summed E-state index contributed by atoms with van der Waals surface area (Å²) in [5.74, 6) is 3.08. The minimum Gasteiger partial charge on any atom is -0.459 e. The average Bonchev–Trinajstić information content (AvgIpc) is 2.78. The molecule has 0 heterocycles. The lowest BCUT2D eigenvalue weighted by atomic mass is 9.50. The van der Waals surface area contributed by atoms with E-state index in [1.807, 2.05) is 20.8 Å². The quantitative estimate of drug-likeness (QED) is 0.422. The van der Waals surface area contributed by atoms with Crippen LogP contribution in [0.1, 0.15) is 105 Å². The van der Waals surface area contributed by atoms with Gasteiger partial charge in [-0.25, -0.2) is 0 Å². The number of Topliss-reactive ketones (excluding diaryl/α,β-unsaturated/α-hetero) is 1. The fraction of sp³-hybridized carbons (Fsp3) is 0.900. The minimum absolute atomic E-state index is 0.0854. The van der Waals surface area contributed by atoms with Crippen LogP contribution in [0.4, 0.5) is 0 Å². The molecule has 3 unspecified atom stereocenters. The topological polar surface area (TPSA) is 69.7 Å². The smallest absolute Gasteiger partial charge is 0.312 e. The van der Waals surface area contributed by atoms with Gasteiger partial charge in [0.15, 0.2) is 0 Å².